The van der Waals surface area contributed by atoms with Crippen LogP contribution in [-0.4, -0.2) is 41.6 Å². The van der Waals surface area contributed by atoms with Crippen LogP contribution < -0.4 is 5.32 Å². The molecule has 0 aliphatic heterocycles. The number of imidazole rings is 1. The van der Waals surface area contributed by atoms with Crippen molar-refractivity contribution >= 4 is 17.4 Å². The van der Waals surface area contributed by atoms with Crippen LogP contribution in [-0.2, 0) is 23.7 Å². The number of anilines is 1. The number of nitrogens with one attached hydrogen (secondary N) is 1. The number of hydrogen-bond acceptors (Lipinski definition) is 6. The first-order valence-electron chi connectivity index (χ1n) is 11.3. The Morgan fingerprint density at radius 1 is 1.00 bits per heavy atom. The molecule has 4 aromatic heterocycles. The Morgan fingerprint density at radius 3 is 2.41 bits per heavy atom. The van der Waals surface area contributed by atoms with E-state index in [1.807, 2.05) is 31.4 Å². The van der Waals surface area contributed by atoms with Gasteiger partial charge in [0.25, 0.3) is 0 Å². The molecule has 0 radical (unpaired) electrons. The Labute approximate surface area is 208 Å². The maximum absolute atomic E-state index is 13.2. The topological polar surface area (TPSA) is 103 Å². The van der Waals surface area contributed by atoms with Gasteiger partial charge in [-0.2, -0.15) is 23.4 Å². The minimum absolute atomic E-state index is 0.00497. The summed E-state index contributed by atoms with van der Waals surface area (Å²) in [5.41, 5.74) is 2.64. The van der Waals surface area contributed by atoms with Gasteiger partial charge in [0.1, 0.15) is 5.41 Å². The van der Waals surface area contributed by atoms with E-state index in [-0.39, 0.29) is 18.0 Å². The van der Waals surface area contributed by atoms with E-state index < -0.39 is 17.5 Å². The van der Waals surface area contributed by atoms with Crippen LogP contribution in [0.3, 0.4) is 0 Å². The number of fused-ring (bicyclic) bond motifs is 1. The van der Waals surface area contributed by atoms with Crippen LogP contribution in [0.4, 0.5) is 19.0 Å². The second-order valence-corrected chi connectivity index (χ2v) is 9.18. The molecule has 37 heavy (non-hydrogen) atoms. The minimum atomic E-state index is -4.52. The predicted octanol–water partition coefficient (Wildman–Crippen LogP) is 4.81. The highest BCUT2D eigenvalue weighted by Crippen LogP contribution is 2.41. The van der Waals surface area contributed by atoms with E-state index >= 15 is 0 Å². The number of benzene rings is 1. The molecule has 1 aromatic carbocycles. The summed E-state index contributed by atoms with van der Waals surface area (Å²) in [5.74, 6) is -0.887. The number of aromatic nitrogens is 6. The fraction of sp³-hybridized carbons (Fsp3) is 0.240. The lowest BCUT2D eigenvalue weighted by molar-refractivity contribution is -0.185. The maximum Gasteiger partial charge on any atom is 0.401 e. The van der Waals surface area contributed by atoms with Gasteiger partial charge < -0.3 is 9.84 Å². The SMILES string of the molecule is Cn1cc(-c2cnn3c(-c4ccc(CC(=O)Nc5cc(C(C)(C)C(F)(F)F)on5)cc4)cnc3c2)cn1. The lowest BCUT2D eigenvalue weighted by Crippen LogP contribution is -2.35. The molecule has 0 unspecified atom stereocenters. The number of alkyl halides is 3. The minimum Gasteiger partial charge on any atom is -0.358 e. The van der Waals surface area contributed by atoms with E-state index in [1.165, 1.54) is 0 Å². The van der Waals surface area contributed by atoms with E-state index in [9.17, 15) is 18.0 Å². The molecule has 0 spiro atoms. The van der Waals surface area contributed by atoms with Crippen LogP contribution in [0, 0.1) is 0 Å². The van der Waals surface area contributed by atoms with Crippen molar-refractivity contribution in [2.24, 2.45) is 7.05 Å². The average molecular weight is 509 g/mol. The number of nitrogens with zero attached hydrogens (tertiary/aromatic N) is 6. The summed E-state index contributed by atoms with van der Waals surface area (Å²) in [6, 6.07) is 10.3. The molecule has 9 nitrogen and oxygen atoms in total. The molecule has 0 atom stereocenters. The zero-order valence-corrected chi connectivity index (χ0v) is 20.1. The van der Waals surface area contributed by atoms with Crippen LogP contribution in [0.1, 0.15) is 25.2 Å². The molecule has 0 aliphatic carbocycles. The lowest BCUT2D eigenvalue weighted by atomic mass is 9.89. The second-order valence-electron chi connectivity index (χ2n) is 9.18. The largest absolute Gasteiger partial charge is 0.401 e. The van der Waals surface area contributed by atoms with E-state index in [0.717, 1.165) is 42.3 Å². The van der Waals surface area contributed by atoms with E-state index in [4.69, 9.17) is 4.52 Å². The molecule has 0 bridgehead atoms. The number of carbonyl (C=O) groups excluding carboxylic acids is 1. The van der Waals surface area contributed by atoms with Crippen molar-refractivity contribution in [1.29, 1.82) is 0 Å². The summed E-state index contributed by atoms with van der Waals surface area (Å²) >= 11 is 0. The molecular formula is C25H22F3N7O2. The standard InChI is InChI=1S/C25H22F3N7O2/c1-24(2,25(26,27)28)20-10-21(33-37-20)32-23(36)8-15-4-6-16(7-5-15)19-13-29-22-9-17(11-31-35(19)22)18-12-30-34(3)14-18/h4-7,9-14H,8H2,1-3H3,(H,32,33,36). The van der Waals surface area contributed by atoms with Crippen molar-refractivity contribution in [3.05, 3.63) is 72.5 Å². The zero-order chi connectivity index (χ0) is 26.4. The van der Waals surface area contributed by atoms with E-state index in [1.54, 1.807) is 39.9 Å². The van der Waals surface area contributed by atoms with Gasteiger partial charge in [-0.15, -0.1) is 0 Å². The summed E-state index contributed by atoms with van der Waals surface area (Å²) < 4.78 is 47.9. The Kier molecular flexibility index (Phi) is 5.81. The molecule has 190 valence electrons. The molecule has 0 saturated carbocycles. The van der Waals surface area contributed by atoms with Gasteiger partial charge in [0, 0.05) is 36.0 Å². The average Bonchev–Trinajstić information content (AvgIpc) is 3.58. The fourth-order valence-electron chi connectivity index (χ4n) is 3.74. The Hall–Kier alpha value is -4.48. The van der Waals surface area contributed by atoms with Crippen molar-refractivity contribution in [2.45, 2.75) is 31.9 Å². The Balaban J connectivity index is 1.27. The van der Waals surface area contributed by atoms with Gasteiger partial charge in [-0.1, -0.05) is 29.4 Å². The molecule has 12 heteroatoms. The highest BCUT2D eigenvalue weighted by molar-refractivity contribution is 5.91. The molecule has 0 saturated heterocycles. The number of halogens is 3. The van der Waals surface area contributed by atoms with Crippen LogP contribution in [0.15, 0.2) is 65.7 Å². The first kappa shape index (κ1) is 24.2. The predicted molar refractivity (Wildman–Crippen MR) is 129 cm³/mol. The summed E-state index contributed by atoms with van der Waals surface area (Å²) in [6.45, 7) is 1.97. The maximum atomic E-state index is 13.2. The van der Waals surface area contributed by atoms with Crippen molar-refractivity contribution in [2.75, 3.05) is 5.32 Å². The smallest absolute Gasteiger partial charge is 0.358 e. The molecule has 0 aliphatic rings. The molecule has 5 rings (SSSR count). The number of hydrogen-bond donors (Lipinski definition) is 1. The normalized spacial score (nSPS) is 12.3. The summed E-state index contributed by atoms with van der Waals surface area (Å²) in [6.07, 6.45) is 2.62. The van der Waals surface area contributed by atoms with Crippen molar-refractivity contribution in [3.8, 4) is 22.4 Å². The Morgan fingerprint density at radius 2 is 1.73 bits per heavy atom. The van der Waals surface area contributed by atoms with Gasteiger partial charge >= 0.3 is 6.18 Å². The quantitative estimate of drug-likeness (QED) is 0.353. The van der Waals surface area contributed by atoms with Crippen LogP contribution in [0.2, 0.25) is 0 Å². The van der Waals surface area contributed by atoms with Gasteiger partial charge in [0.15, 0.2) is 17.2 Å². The van der Waals surface area contributed by atoms with Crippen LogP contribution in [0.25, 0.3) is 28.0 Å². The third kappa shape index (κ3) is 4.69. The first-order valence-corrected chi connectivity index (χ1v) is 11.3. The molecule has 1 amide bonds. The van der Waals surface area contributed by atoms with Gasteiger partial charge in [-0.25, -0.2) is 9.50 Å². The Bertz CT molecular complexity index is 1580. The molecule has 4 heterocycles. The van der Waals surface area contributed by atoms with Gasteiger partial charge in [-0.3, -0.25) is 9.48 Å². The lowest BCUT2D eigenvalue weighted by Gasteiger charge is -2.24. The third-order valence-corrected chi connectivity index (χ3v) is 6.12. The van der Waals surface area contributed by atoms with Gasteiger partial charge in [0.05, 0.1) is 30.7 Å². The van der Waals surface area contributed by atoms with Crippen molar-refractivity contribution < 1.29 is 22.5 Å². The molecular weight excluding hydrogens is 487 g/mol. The van der Waals surface area contributed by atoms with Crippen molar-refractivity contribution in [3.63, 3.8) is 0 Å². The zero-order valence-electron chi connectivity index (χ0n) is 20.1. The monoisotopic (exact) mass is 509 g/mol. The summed E-state index contributed by atoms with van der Waals surface area (Å²) in [7, 11) is 1.85. The molecule has 1 N–H and O–H groups in total. The highest BCUT2D eigenvalue weighted by atomic mass is 19.4. The fourth-order valence-corrected chi connectivity index (χ4v) is 3.74. The van der Waals surface area contributed by atoms with Crippen LogP contribution in [0.5, 0.6) is 0 Å². The molecule has 0 fully saturated rings. The van der Waals surface area contributed by atoms with E-state index in [2.05, 4.69) is 25.7 Å². The highest BCUT2D eigenvalue weighted by Gasteiger charge is 2.51. The second kappa shape index (κ2) is 8.87. The summed E-state index contributed by atoms with van der Waals surface area (Å²) in [4.78, 5) is 16.9. The van der Waals surface area contributed by atoms with E-state index in [0.29, 0.717) is 11.2 Å². The number of amides is 1. The first-order chi connectivity index (χ1) is 17.5. The number of rotatable bonds is 6. The number of aryl methyl sites for hydroxylation is 1. The molecule has 5 aromatic rings. The van der Waals surface area contributed by atoms with Crippen LogP contribution >= 0.6 is 0 Å². The van der Waals surface area contributed by atoms with Gasteiger partial charge in [0.2, 0.25) is 5.91 Å². The number of carbonyl (C=O) groups is 1. The summed E-state index contributed by atoms with van der Waals surface area (Å²) in [5, 5.41) is 14.7. The van der Waals surface area contributed by atoms with Crippen molar-refractivity contribution in [1.82, 2.24) is 29.5 Å². The van der Waals surface area contributed by atoms with Gasteiger partial charge in [-0.05, 0) is 25.5 Å². The third-order valence-electron chi connectivity index (χ3n) is 6.12.